The Morgan fingerprint density at radius 2 is 1.81 bits per heavy atom. The van der Waals surface area contributed by atoms with E-state index in [4.69, 9.17) is 11.1 Å². The maximum atomic E-state index is 12.9. The van der Waals surface area contributed by atoms with Crippen LogP contribution in [-0.4, -0.2) is 39.2 Å². The van der Waals surface area contributed by atoms with E-state index in [0.717, 1.165) is 47.8 Å². The molecular formula is C29H36ClN5O. The molecule has 2 fully saturated rings. The molecule has 6 nitrogen and oxygen atoms in total. The summed E-state index contributed by atoms with van der Waals surface area (Å²) in [5.41, 5.74) is 10.8. The van der Waals surface area contributed by atoms with Crippen LogP contribution in [0.15, 0.2) is 54.7 Å². The Morgan fingerprint density at radius 3 is 2.56 bits per heavy atom. The lowest BCUT2D eigenvalue weighted by molar-refractivity contribution is 0.0769. The first-order valence-corrected chi connectivity index (χ1v) is 13.0. The molecule has 1 aliphatic carbocycles. The number of hydrogen-bond donors (Lipinski definition) is 3. The topological polar surface area (TPSA) is 98.9 Å². The average Bonchev–Trinajstić information content (AvgIpc) is 3.59. The predicted octanol–water partition coefficient (Wildman–Crippen LogP) is 6.22. The van der Waals surface area contributed by atoms with E-state index in [-0.39, 0.29) is 30.2 Å². The van der Waals surface area contributed by atoms with Crippen LogP contribution in [0.25, 0.3) is 22.6 Å². The second-order valence-electron chi connectivity index (χ2n) is 10.1. The Bertz CT molecular complexity index is 1180. The number of likely N-dealkylation sites (tertiary alicyclic amines) is 1. The summed E-state index contributed by atoms with van der Waals surface area (Å²) in [6, 6.07) is 16.0. The van der Waals surface area contributed by atoms with Crippen molar-refractivity contribution < 1.29 is 4.79 Å². The van der Waals surface area contributed by atoms with Crippen LogP contribution in [0.1, 0.15) is 67.3 Å². The molecule has 2 heterocycles. The van der Waals surface area contributed by atoms with Crippen molar-refractivity contribution in [2.45, 2.75) is 63.8 Å². The summed E-state index contributed by atoms with van der Waals surface area (Å²) in [5, 5.41) is 7.75. The highest BCUT2D eigenvalue weighted by Gasteiger charge is 2.31. The van der Waals surface area contributed by atoms with Crippen molar-refractivity contribution in [3.05, 3.63) is 65.9 Å². The molecule has 1 saturated heterocycles. The fraction of sp³-hybridized carbons (Fsp3) is 0.414. The Morgan fingerprint density at radius 1 is 1.03 bits per heavy atom. The molecule has 1 atom stereocenters. The van der Waals surface area contributed by atoms with Gasteiger partial charge < -0.3 is 15.6 Å². The van der Waals surface area contributed by atoms with Crippen molar-refractivity contribution in [3.8, 4) is 22.6 Å². The lowest BCUT2D eigenvalue weighted by Gasteiger charge is -2.23. The van der Waals surface area contributed by atoms with Gasteiger partial charge in [-0.3, -0.25) is 10.2 Å². The van der Waals surface area contributed by atoms with Gasteiger partial charge in [-0.2, -0.15) is 0 Å². The Kier molecular flexibility index (Phi) is 8.47. The van der Waals surface area contributed by atoms with Crippen molar-refractivity contribution in [2.24, 2.45) is 11.7 Å². The van der Waals surface area contributed by atoms with Crippen LogP contribution in [0.2, 0.25) is 0 Å². The third-order valence-electron chi connectivity index (χ3n) is 7.66. The molecule has 3 aromatic rings. The number of aromatic nitrogens is 2. The van der Waals surface area contributed by atoms with Crippen LogP contribution in [-0.2, 0) is 6.42 Å². The third-order valence-corrected chi connectivity index (χ3v) is 7.66. The number of carbonyl (C=O) groups excluding carboxylic acids is 1. The van der Waals surface area contributed by atoms with Crippen LogP contribution >= 0.6 is 12.4 Å². The standard InChI is InChI=1S/C29H35N5O.ClH/c30-27(31)26-10-5-17-34(26)29(35)23-15-13-22(14-16-23)28-32-19-25(33-28)24-9-4-8-21(18-24)12-11-20-6-2-1-3-7-20;/h4,8-9,13-16,18-20,26H,1-3,5-7,10-12,17H2,(H3,30,31)(H,32,33);1H/t26-;/m0./s1. The van der Waals surface area contributed by atoms with Gasteiger partial charge in [0.1, 0.15) is 11.7 Å². The quantitative estimate of drug-likeness (QED) is 0.262. The zero-order valence-corrected chi connectivity index (χ0v) is 21.5. The van der Waals surface area contributed by atoms with Crippen LogP contribution in [0.3, 0.4) is 0 Å². The van der Waals surface area contributed by atoms with E-state index in [1.54, 1.807) is 4.90 Å². The highest BCUT2D eigenvalue weighted by atomic mass is 35.5. The normalized spacial score (nSPS) is 18.1. The van der Waals surface area contributed by atoms with E-state index in [1.165, 1.54) is 44.1 Å². The maximum absolute atomic E-state index is 12.9. The van der Waals surface area contributed by atoms with Crippen LogP contribution in [0.5, 0.6) is 0 Å². The van der Waals surface area contributed by atoms with Gasteiger partial charge >= 0.3 is 0 Å². The smallest absolute Gasteiger partial charge is 0.254 e. The number of nitrogens with zero attached hydrogens (tertiary/aromatic N) is 2. The molecule has 36 heavy (non-hydrogen) atoms. The molecule has 1 aliphatic heterocycles. The van der Waals surface area contributed by atoms with Gasteiger partial charge in [-0.15, -0.1) is 12.4 Å². The summed E-state index contributed by atoms with van der Waals surface area (Å²) >= 11 is 0. The minimum atomic E-state index is -0.284. The number of amides is 1. The molecule has 190 valence electrons. The van der Waals surface area contributed by atoms with E-state index >= 15 is 0 Å². The first-order valence-electron chi connectivity index (χ1n) is 13.0. The average molecular weight is 506 g/mol. The molecule has 7 heteroatoms. The molecule has 2 aromatic carbocycles. The number of amidine groups is 1. The molecule has 2 aliphatic rings. The minimum absolute atomic E-state index is 0. The summed E-state index contributed by atoms with van der Waals surface area (Å²) in [7, 11) is 0. The number of aryl methyl sites for hydroxylation is 1. The highest BCUT2D eigenvalue weighted by Crippen LogP contribution is 2.29. The van der Waals surface area contributed by atoms with Gasteiger partial charge in [0.05, 0.1) is 17.9 Å². The molecule has 0 unspecified atom stereocenters. The molecule has 4 N–H and O–H groups in total. The van der Waals surface area contributed by atoms with Gasteiger partial charge in [-0.1, -0.05) is 62.4 Å². The summed E-state index contributed by atoms with van der Waals surface area (Å²) in [6.07, 6.45) is 12.9. The van der Waals surface area contributed by atoms with E-state index in [2.05, 4.69) is 34.2 Å². The van der Waals surface area contributed by atoms with Crippen LogP contribution < -0.4 is 5.73 Å². The van der Waals surface area contributed by atoms with Crippen LogP contribution in [0, 0.1) is 11.3 Å². The lowest BCUT2D eigenvalue weighted by Crippen LogP contribution is -2.43. The molecular weight excluding hydrogens is 470 g/mol. The number of hydrogen-bond acceptors (Lipinski definition) is 3. The number of benzene rings is 2. The number of nitrogens with two attached hydrogens (primary N) is 1. The molecule has 1 amide bonds. The second-order valence-corrected chi connectivity index (χ2v) is 10.1. The number of nitrogens with one attached hydrogen (secondary N) is 2. The van der Waals surface area contributed by atoms with Gasteiger partial charge in [0, 0.05) is 17.7 Å². The minimum Gasteiger partial charge on any atom is -0.386 e. The van der Waals surface area contributed by atoms with Gasteiger partial charge in [-0.05, 0) is 60.9 Å². The van der Waals surface area contributed by atoms with Gasteiger partial charge in [0.2, 0.25) is 0 Å². The first-order chi connectivity index (χ1) is 17.1. The number of halogens is 1. The van der Waals surface area contributed by atoms with E-state index in [9.17, 15) is 4.79 Å². The fourth-order valence-electron chi connectivity index (χ4n) is 5.63. The third kappa shape index (κ3) is 5.81. The zero-order valence-electron chi connectivity index (χ0n) is 20.7. The van der Waals surface area contributed by atoms with E-state index < -0.39 is 0 Å². The second kappa shape index (κ2) is 11.7. The molecule has 0 radical (unpaired) electrons. The number of rotatable bonds is 7. The lowest BCUT2D eigenvalue weighted by atomic mass is 9.85. The van der Waals surface area contributed by atoms with Crippen molar-refractivity contribution >= 4 is 24.1 Å². The highest BCUT2D eigenvalue weighted by molar-refractivity contribution is 5.98. The predicted molar refractivity (Wildman–Crippen MR) is 148 cm³/mol. The Hall–Kier alpha value is -3.12. The summed E-state index contributed by atoms with van der Waals surface area (Å²) in [4.78, 5) is 22.7. The number of carbonyl (C=O) groups is 1. The SMILES string of the molecule is Cl.N=C(N)[C@@H]1CCCN1C(=O)c1ccc(-c2ncc(-c3cccc(CCC4CCCCC4)c3)[nH]2)cc1. The number of aromatic amines is 1. The zero-order chi connectivity index (χ0) is 24.2. The molecule has 1 saturated carbocycles. The van der Waals surface area contributed by atoms with Crippen molar-refractivity contribution in [1.82, 2.24) is 14.9 Å². The van der Waals surface area contributed by atoms with Gasteiger partial charge in [0.15, 0.2) is 0 Å². The Balaban J connectivity index is 0.00000304. The van der Waals surface area contributed by atoms with Gasteiger partial charge in [-0.25, -0.2) is 4.98 Å². The van der Waals surface area contributed by atoms with Gasteiger partial charge in [0.25, 0.3) is 5.91 Å². The van der Waals surface area contributed by atoms with E-state index in [0.29, 0.717) is 12.1 Å². The molecule has 5 rings (SSSR count). The first kappa shape index (κ1) is 26.0. The maximum Gasteiger partial charge on any atom is 0.254 e. The monoisotopic (exact) mass is 505 g/mol. The summed E-state index contributed by atoms with van der Waals surface area (Å²) in [6.45, 7) is 0.645. The Labute approximate surface area is 219 Å². The molecule has 1 aromatic heterocycles. The number of imidazole rings is 1. The largest absolute Gasteiger partial charge is 0.386 e. The summed E-state index contributed by atoms with van der Waals surface area (Å²) in [5.74, 6) is 1.67. The molecule has 0 spiro atoms. The van der Waals surface area contributed by atoms with Crippen LogP contribution in [0.4, 0.5) is 0 Å². The van der Waals surface area contributed by atoms with Crippen molar-refractivity contribution in [3.63, 3.8) is 0 Å². The summed E-state index contributed by atoms with van der Waals surface area (Å²) < 4.78 is 0. The van der Waals surface area contributed by atoms with Crippen molar-refractivity contribution in [2.75, 3.05) is 6.54 Å². The fourth-order valence-corrected chi connectivity index (χ4v) is 5.63. The van der Waals surface area contributed by atoms with E-state index in [1.807, 2.05) is 30.5 Å². The van der Waals surface area contributed by atoms with Crippen molar-refractivity contribution in [1.29, 1.82) is 5.41 Å². The number of H-pyrrole nitrogens is 1. The molecule has 0 bridgehead atoms.